The van der Waals surface area contributed by atoms with Crippen molar-refractivity contribution < 1.29 is 44.3 Å². The summed E-state index contributed by atoms with van der Waals surface area (Å²) in [6.45, 7) is 0. The van der Waals surface area contributed by atoms with E-state index in [2.05, 4.69) is 4.74 Å². The molecule has 1 aromatic rings. The molecule has 23 heavy (non-hydrogen) atoms. The number of aliphatic hydroxyl groups excluding tert-OH is 1. The second-order valence-electron chi connectivity index (χ2n) is 4.28. The van der Waals surface area contributed by atoms with Crippen LogP contribution in [0.3, 0.4) is 0 Å². The average Bonchev–Trinajstić information content (AvgIpc) is 2.47. The van der Waals surface area contributed by atoms with Crippen LogP contribution in [-0.2, 0) is 19.1 Å². The molecule has 0 saturated heterocycles. The Balaban J connectivity index is 2.74. The fourth-order valence-electron chi connectivity index (χ4n) is 1.48. The van der Waals surface area contributed by atoms with Crippen LogP contribution in [0.1, 0.15) is 12.0 Å². The number of rotatable bonds is 6. The molecule has 1 aromatic carbocycles. The van der Waals surface area contributed by atoms with E-state index in [1.807, 2.05) is 0 Å². The molecule has 1 atom stereocenters. The lowest BCUT2D eigenvalue weighted by Gasteiger charge is -2.06. The molecule has 0 aliphatic heterocycles. The number of carboxylic acids is 1. The summed E-state index contributed by atoms with van der Waals surface area (Å²) >= 11 is 0. The van der Waals surface area contributed by atoms with Crippen molar-refractivity contribution in [2.24, 2.45) is 0 Å². The van der Waals surface area contributed by atoms with Crippen LogP contribution < -0.4 is 4.74 Å². The Labute approximate surface area is 130 Å². The summed E-state index contributed by atoms with van der Waals surface area (Å²) in [6.07, 6.45) is -0.876. The summed E-state index contributed by atoms with van der Waals surface area (Å²) in [7, 11) is 1.26. The number of aromatic hydroxyl groups is 2. The van der Waals surface area contributed by atoms with Crippen LogP contribution in [0.5, 0.6) is 17.2 Å². The SMILES string of the molecule is COc1cc(C=CC(=O)OC(=O)C(O)CC(=O)O)cc(O)c1O. The predicted octanol–water partition coefficient (Wildman–Crippen LogP) is 0.0250. The van der Waals surface area contributed by atoms with Gasteiger partial charge in [0.1, 0.15) is 0 Å². The number of methoxy groups -OCH3 is 1. The number of aliphatic carboxylic acids is 1. The van der Waals surface area contributed by atoms with Crippen LogP contribution in [0.4, 0.5) is 0 Å². The zero-order chi connectivity index (χ0) is 17.6. The quantitative estimate of drug-likeness (QED) is 0.245. The maximum Gasteiger partial charge on any atom is 0.343 e. The van der Waals surface area contributed by atoms with Crippen LogP contribution in [0.2, 0.25) is 0 Å². The van der Waals surface area contributed by atoms with Gasteiger partial charge in [-0.2, -0.15) is 0 Å². The third-order valence-corrected chi connectivity index (χ3v) is 2.55. The molecule has 9 nitrogen and oxygen atoms in total. The molecule has 0 amide bonds. The van der Waals surface area contributed by atoms with Crippen LogP contribution in [0, 0.1) is 0 Å². The fraction of sp³-hybridized carbons (Fsp3) is 0.214. The molecule has 124 valence electrons. The maximum absolute atomic E-state index is 11.4. The second kappa shape index (κ2) is 7.80. The van der Waals surface area contributed by atoms with Crippen molar-refractivity contribution in [2.45, 2.75) is 12.5 Å². The Morgan fingerprint density at radius 1 is 1.26 bits per heavy atom. The van der Waals surface area contributed by atoms with E-state index < -0.39 is 41.9 Å². The first-order valence-corrected chi connectivity index (χ1v) is 6.18. The minimum Gasteiger partial charge on any atom is -0.504 e. The summed E-state index contributed by atoms with van der Waals surface area (Å²) in [6, 6.07) is 2.43. The number of benzene rings is 1. The Morgan fingerprint density at radius 2 is 1.91 bits per heavy atom. The number of ether oxygens (including phenoxy) is 2. The molecule has 1 unspecified atom stereocenters. The first-order chi connectivity index (χ1) is 10.7. The molecule has 0 fully saturated rings. The van der Waals surface area contributed by atoms with Gasteiger partial charge in [0.05, 0.1) is 13.5 Å². The predicted molar refractivity (Wildman–Crippen MR) is 74.7 cm³/mol. The topological polar surface area (TPSA) is 151 Å². The van der Waals surface area contributed by atoms with Gasteiger partial charge < -0.3 is 29.9 Å². The normalized spacial score (nSPS) is 11.9. The molecule has 1 rings (SSSR count). The lowest BCUT2D eigenvalue weighted by atomic mass is 10.1. The summed E-state index contributed by atoms with van der Waals surface area (Å²) in [5, 5.41) is 36.4. The van der Waals surface area contributed by atoms with E-state index in [4.69, 9.17) is 14.9 Å². The molecule has 0 bridgehead atoms. The van der Waals surface area contributed by atoms with Crippen LogP contribution in [0.15, 0.2) is 18.2 Å². The number of carbonyl (C=O) groups excluding carboxylic acids is 2. The van der Waals surface area contributed by atoms with Gasteiger partial charge in [-0.05, 0) is 23.8 Å². The highest BCUT2D eigenvalue weighted by Gasteiger charge is 2.22. The van der Waals surface area contributed by atoms with Crippen LogP contribution >= 0.6 is 0 Å². The van der Waals surface area contributed by atoms with E-state index in [0.717, 1.165) is 18.2 Å². The first-order valence-electron chi connectivity index (χ1n) is 6.18. The molecule has 0 radical (unpaired) electrons. The van der Waals surface area contributed by atoms with Gasteiger partial charge in [-0.3, -0.25) is 4.79 Å². The zero-order valence-corrected chi connectivity index (χ0v) is 11.9. The number of hydrogen-bond donors (Lipinski definition) is 4. The van der Waals surface area contributed by atoms with Gasteiger partial charge >= 0.3 is 17.9 Å². The van der Waals surface area contributed by atoms with Crippen molar-refractivity contribution >= 4 is 24.0 Å². The van der Waals surface area contributed by atoms with Gasteiger partial charge in [0.25, 0.3) is 0 Å². The molecule has 0 heterocycles. The summed E-state index contributed by atoms with van der Waals surface area (Å²) in [5.74, 6) is -4.96. The Hall–Kier alpha value is -3.07. The molecule has 0 aromatic heterocycles. The average molecular weight is 326 g/mol. The maximum atomic E-state index is 11.4. The van der Waals surface area contributed by atoms with Crippen molar-refractivity contribution in [1.82, 2.24) is 0 Å². The minimum absolute atomic E-state index is 0.0361. The Morgan fingerprint density at radius 3 is 2.48 bits per heavy atom. The summed E-state index contributed by atoms with van der Waals surface area (Å²) in [5.41, 5.74) is 0.257. The van der Waals surface area contributed by atoms with Gasteiger partial charge in [-0.25, -0.2) is 9.59 Å². The van der Waals surface area contributed by atoms with Crippen molar-refractivity contribution in [2.75, 3.05) is 7.11 Å². The number of hydrogen-bond acceptors (Lipinski definition) is 8. The molecular formula is C14H14O9. The molecule has 0 aliphatic rings. The molecule has 0 aliphatic carbocycles. The van der Waals surface area contributed by atoms with E-state index in [1.54, 1.807) is 0 Å². The molecule has 0 spiro atoms. The van der Waals surface area contributed by atoms with Gasteiger partial charge in [0.15, 0.2) is 17.6 Å². The van der Waals surface area contributed by atoms with Crippen molar-refractivity contribution in [3.05, 3.63) is 23.8 Å². The largest absolute Gasteiger partial charge is 0.504 e. The van der Waals surface area contributed by atoms with Crippen molar-refractivity contribution in [3.8, 4) is 17.2 Å². The standard InChI is InChI=1S/C14H14O9/c1-22-10-5-7(4-8(15)13(10)20)2-3-12(19)23-14(21)9(16)6-11(17)18/h2-5,9,15-16,20H,6H2,1H3,(H,17,18). The first kappa shape index (κ1) is 18.0. The van der Waals surface area contributed by atoms with Crippen LogP contribution in [0.25, 0.3) is 6.08 Å². The lowest BCUT2D eigenvalue weighted by molar-refractivity contribution is -0.165. The molecule has 4 N–H and O–H groups in total. The zero-order valence-electron chi connectivity index (χ0n) is 11.9. The van der Waals surface area contributed by atoms with Crippen LogP contribution in [-0.4, -0.2) is 51.5 Å². The number of carboxylic acid groups (broad SMARTS) is 1. The van der Waals surface area contributed by atoms with Gasteiger partial charge in [0.2, 0.25) is 5.75 Å². The summed E-state index contributed by atoms with van der Waals surface area (Å²) in [4.78, 5) is 32.9. The molecule has 9 heteroatoms. The van der Waals surface area contributed by atoms with E-state index in [-0.39, 0.29) is 11.3 Å². The van der Waals surface area contributed by atoms with Gasteiger partial charge in [-0.15, -0.1) is 0 Å². The monoisotopic (exact) mass is 326 g/mol. The highest BCUT2D eigenvalue weighted by molar-refractivity contribution is 5.96. The third-order valence-electron chi connectivity index (χ3n) is 2.55. The van der Waals surface area contributed by atoms with Gasteiger partial charge in [-0.1, -0.05) is 0 Å². The smallest absolute Gasteiger partial charge is 0.343 e. The molecular weight excluding hydrogens is 312 g/mol. The number of esters is 2. The number of carbonyl (C=O) groups is 3. The Kier molecular flexibility index (Phi) is 6.10. The highest BCUT2D eigenvalue weighted by atomic mass is 16.6. The summed E-state index contributed by atoms with van der Waals surface area (Å²) < 4.78 is 9.03. The second-order valence-corrected chi connectivity index (χ2v) is 4.28. The minimum atomic E-state index is -1.96. The fourth-order valence-corrected chi connectivity index (χ4v) is 1.48. The van der Waals surface area contributed by atoms with Gasteiger partial charge in [0, 0.05) is 6.08 Å². The number of phenols is 2. The lowest BCUT2D eigenvalue weighted by Crippen LogP contribution is -2.27. The van der Waals surface area contributed by atoms with E-state index in [0.29, 0.717) is 0 Å². The van der Waals surface area contributed by atoms with E-state index in [1.165, 1.54) is 13.2 Å². The van der Waals surface area contributed by atoms with E-state index in [9.17, 15) is 24.6 Å². The van der Waals surface area contributed by atoms with Crippen molar-refractivity contribution in [1.29, 1.82) is 0 Å². The van der Waals surface area contributed by atoms with E-state index >= 15 is 0 Å². The Bertz CT molecular complexity index is 648. The highest BCUT2D eigenvalue weighted by Crippen LogP contribution is 2.36. The number of phenolic OH excluding ortho intramolecular Hbond substituents is 2. The number of aliphatic hydroxyl groups is 1. The molecule has 0 saturated carbocycles. The van der Waals surface area contributed by atoms with Crippen molar-refractivity contribution in [3.63, 3.8) is 0 Å². The third kappa shape index (κ3) is 5.32.